The van der Waals surface area contributed by atoms with Gasteiger partial charge in [0, 0.05) is 22.4 Å². The molecule has 1 aromatic heterocycles. The maximum Gasteiger partial charge on any atom is 0.411 e. The number of aromatic amines is 1. The molecule has 8 heteroatoms. The van der Waals surface area contributed by atoms with Crippen LogP contribution in [0.1, 0.15) is 5.56 Å². The quantitative estimate of drug-likeness (QED) is 0.591. The van der Waals surface area contributed by atoms with Crippen molar-refractivity contribution in [2.45, 2.75) is 18.0 Å². The summed E-state index contributed by atoms with van der Waals surface area (Å²) < 4.78 is 44.8. The number of alkyl halides is 3. The molecule has 1 N–H and O–H groups in total. The maximum absolute atomic E-state index is 11.7. The van der Waals surface area contributed by atoms with Gasteiger partial charge in [-0.1, -0.05) is 0 Å². The van der Waals surface area contributed by atoms with Crippen LogP contribution in [-0.4, -0.2) is 43.3 Å². The van der Waals surface area contributed by atoms with Crippen molar-refractivity contribution < 1.29 is 22.6 Å². The van der Waals surface area contributed by atoms with Crippen molar-refractivity contribution in [2.24, 2.45) is 0 Å². The van der Waals surface area contributed by atoms with Crippen LogP contribution in [0, 0.1) is 6.92 Å². The summed E-state index contributed by atoms with van der Waals surface area (Å²) in [6, 6.07) is 1.80. The monoisotopic (exact) mass is 311 g/mol. The van der Waals surface area contributed by atoms with E-state index in [0.29, 0.717) is 17.9 Å². The van der Waals surface area contributed by atoms with Crippen LogP contribution in [0.2, 0.25) is 0 Å². The fourth-order valence-electron chi connectivity index (χ4n) is 1.31. The molecule has 114 valence electrons. The average molecular weight is 311 g/mol. The second kappa shape index (κ2) is 8.33. The Hall–Kier alpha value is -0.990. The zero-order chi connectivity index (χ0) is 15.0. The molecule has 0 atom stereocenters. The number of rotatable bonds is 8. The third-order valence-corrected chi connectivity index (χ3v) is 3.41. The number of nitrogens with one attached hydrogen (secondary N) is 1. The van der Waals surface area contributed by atoms with Crippen molar-refractivity contribution in [1.82, 2.24) is 4.98 Å². The molecule has 0 fully saturated rings. The predicted octanol–water partition coefficient (Wildman–Crippen LogP) is 2.37. The van der Waals surface area contributed by atoms with Crippen molar-refractivity contribution in [3.63, 3.8) is 0 Å². The van der Waals surface area contributed by atoms with E-state index in [2.05, 4.69) is 9.72 Å². The van der Waals surface area contributed by atoms with Gasteiger partial charge in [0.2, 0.25) is 0 Å². The molecule has 0 saturated carbocycles. The van der Waals surface area contributed by atoms with E-state index >= 15 is 0 Å². The number of hydrogen-bond donors (Lipinski definition) is 1. The lowest BCUT2D eigenvalue weighted by atomic mass is 10.3. The Bertz CT molecular complexity index is 462. The third kappa shape index (κ3) is 6.97. The Balaban J connectivity index is 2.08. The molecular formula is C12H16F3NO3S. The van der Waals surface area contributed by atoms with Gasteiger partial charge in [-0.15, -0.1) is 11.8 Å². The van der Waals surface area contributed by atoms with Gasteiger partial charge in [0.1, 0.15) is 6.61 Å². The normalized spacial score (nSPS) is 11.8. The molecule has 0 spiro atoms. The summed E-state index contributed by atoms with van der Waals surface area (Å²) in [6.07, 6.45) is -2.72. The smallest absolute Gasteiger partial charge is 0.378 e. The van der Waals surface area contributed by atoms with Crippen LogP contribution in [0.25, 0.3) is 0 Å². The van der Waals surface area contributed by atoms with Gasteiger partial charge < -0.3 is 14.5 Å². The molecule has 0 radical (unpaired) electrons. The average Bonchev–Trinajstić information content (AvgIpc) is 2.36. The molecule has 20 heavy (non-hydrogen) atoms. The highest BCUT2D eigenvalue weighted by Crippen LogP contribution is 2.18. The molecule has 4 nitrogen and oxygen atoms in total. The van der Waals surface area contributed by atoms with Crippen LogP contribution in [0.15, 0.2) is 22.0 Å². The standard InChI is InChI=1S/C12H16F3NO3S/c1-9-10(2-3-16-11(9)17)20-7-6-18-4-5-19-8-12(13,14)15/h2-3H,4-8H2,1H3,(H,16,17). The lowest BCUT2D eigenvalue weighted by Crippen LogP contribution is -2.19. The minimum atomic E-state index is -4.30. The summed E-state index contributed by atoms with van der Waals surface area (Å²) in [7, 11) is 0. The summed E-state index contributed by atoms with van der Waals surface area (Å²) in [6.45, 7) is 0.885. The molecule has 0 saturated heterocycles. The van der Waals surface area contributed by atoms with Gasteiger partial charge in [-0.2, -0.15) is 13.2 Å². The van der Waals surface area contributed by atoms with Crippen molar-refractivity contribution in [3.8, 4) is 0 Å². The number of hydrogen-bond acceptors (Lipinski definition) is 4. The Morgan fingerprint density at radius 1 is 1.25 bits per heavy atom. The van der Waals surface area contributed by atoms with Crippen LogP contribution in [-0.2, 0) is 9.47 Å². The van der Waals surface area contributed by atoms with E-state index in [1.54, 1.807) is 19.2 Å². The molecule has 0 unspecified atom stereocenters. The van der Waals surface area contributed by atoms with Crippen molar-refractivity contribution in [2.75, 3.05) is 32.2 Å². The van der Waals surface area contributed by atoms with Crippen LogP contribution >= 0.6 is 11.8 Å². The van der Waals surface area contributed by atoms with Gasteiger partial charge in [-0.3, -0.25) is 4.79 Å². The van der Waals surface area contributed by atoms with Crippen molar-refractivity contribution >= 4 is 11.8 Å². The number of thioether (sulfide) groups is 1. The summed E-state index contributed by atoms with van der Waals surface area (Å²) in [4.78, 5) is 14.8. The number of halogens is 3. The van der Waals surface area contributed by atoms with Crippen LogP contribution in [0.5, 0.6) is 0 Å². The van der Waals surface area contributed by atoms with Crippen molar-refractivity contribution in [3.05, 3.63) is 28.2 Å². The van der Waals surface area contributed by atoms with Crippen LogP contribution in [0.3, 0.4) is 0 Å². The van der Waals surface area contributed by atoms with Gasteiger partial charge in [0.05, 0.1) is 19.8 Å². The first-order valence-electron chi connectivity index (χ1n) is 5.93. The third-order valence-electron chi connectivity index (χ3n) is 2.28. The van der Waals surface area contributed by atoms with Gasteiger partial charge >= 0.3 is 6.18 Å². The number of H-pyrrole nitrogens is 1. The molecule has 0 bridgehead atoms. The molecule has 0 aromatic carbocycles. The second-order valence-electron chi connectivity index (χ2n) is 3.92. The summed E-state index contributed by atoms with van der Waals surface area (Å²) in [5.41, 5.74) is 0.516. The van der Waals surface area contributed by atoms with E-state index < -0.39 is 12.8 Å². The highest BCUT2D eigenvalue weighted by atomic mass is 32.2. The highest BCUT2D eigenvalue weighted by Gasteiger charge is 2.27. The van der Waals surface area contributed by atoms with Gasteiger partial charge in [-0.25, -0.2) is 0 Å². The first-order chi connectivity index (χ1) is 9.40. The predicted molar refractivity (Wildman–Crippen MR) is 70.2 cm³/mol. The largest absolute Gasteiger partial charge is 0.411 e. The second-order valence-corrected chi connectivity index (χ2v) is 5.06. The zero-order valence-corrected chi connectivity index (χ0v) is 11.8. The van der Waals surface area contributed by atoms with E-state index in [0.717, 1.165) is 4.90 Å². The fourth-order valence-corrected chi connectivity index (χ4v) is 2.21. The summed E-state index contributed by atoms with van der Waals surface area (Å²) in [5.74, 6) is 0.615. The molecule has 0 amide bonds. The minimum absolute atomic E-state index is 0.0891. The lowest BCUT2D eigenvalue weighted by Gasteiger charge is -2.08. The number of aromatic nitrogens is 1. The highest BCUT2D eigenvalue weighted by molar-refractivity contribution is 7.99. The molecule has 1 aromatic rings. The Labute approximate surface area is 118 Å². The van der Waals surface area contributed by atoms with Crippen molar-refractivity contribution in [1.29, 1.82) is 0 Å². The van der Waals surface area contributed by atoms with Gasteiger partial charge in [0.25, 0.3) is 5.56 Å². The number of pyridine rings is 1. The van der Waals surface area contributed by atoms with Crippen LogP contribution < -0.4 is 5.56 Å². The summed E-state index contributed by atoms with van der Waals surface area (Å²) in [5, 5.41) is 0. The first-order valence-corrected chi connectivity index (χ1v) is 6.92. The molecule has 0 aliphatic heterocycles. The van der Waals surface area contributed by atoms with E-state index in [1.807, 2.05) is 0 Å². The van der Waals surface area contributed by atoms with Gasteiger partial charge in [-0.05, 0) is 13.0 Å². The Morgan fingerprint density at radius 2 is 1.95 bits per heavy atom. The fraction of sp³-hybridized carbons (Fsp3) is 0.583. The SMILES string of the molecule is Cc1c(SCCOCCOCC(F)(F)F)cc[nH]c1=O. The molecule has 0 aliphatic rings. The minimum Gasteiger partial charge on any atom is -0.378 e. The first kappa shape index (κ1) is 17.1. The zero-order valence-electron chi connectivity index (χ0n) is 11.0. The number of ether oxygens (including phenoxy) is 2. The summed E-state index contributed by atoms with van der Waals surface area (Å²) >= 11 is 1.46. The van der Waals surface area contributed by atoms with E-state index in [4.69, 9.17) is 4.74 Å². The van der Waals surface area contributed by atoms with Crippen LogP contribution in [0.4, 0.5) is 13.2 Å². The van der Waals surface area contributed by atoms with E-state index in [1.165, 1.54) is 11.8 Å². The van der Waals surface area contributed by atoms with E-state index in [9.17, 15) is 18.0 Å². The lowest BCUT2D eigenvalue weighted by molar-refractivity contribution is -0.176. The molecule has 0 aliphatic carbocycles. The Morgan fingerprint density at radius 3 is 2.65 bits per heavy atom. The maximum atomic E-state index is 11.7. The van der Waals surface area contributed by atoms with Gasteiger partial charge in [0.15, 0.2) is 0 Å². The molecular weight excluding hydrogens is 295 g/mol. The Kier molecular flexibility index (Phi) is 7.11. The molecule has 1 heterocycles. The topological polar surface area (TPSA) is 51.3 Å². The van der Waals surface area contributed by atoms with E-state index in [-0.39, 0.29) is 18.8 Å². The molecule has 1 rings (SSSR count).